The van der Waals surface area contributed by atoms with Crippen molar-refractivity contribution in [1.29, 1.82) is 0 Å². The van der Waals surface area contributed by atoms with Crippen molar-refractivity contribution in [2.45, 2.75) is 11.8 Å². The Morgan fingerprint density at radius 3 is 2.67 bits per heavy atom. The molecule has 0 fully saturated rings. The normalized spacial score (nSPS) is 11.6. The van der Waals surface area contributed by atoms with E-state index >= 15 is 0 Å². The van der Waals surface area contributed by atoms with Crippen LogP contribution in [0.15, 0.2) is 29.4 Å². The Balaban J connectivity index is 2.52. The summed E-state index contributed by atoms with van der Waals surface area (Å²) in [5.41, 5.74) is 9.23. The van der Waals surface area contributed by atoms with Gasteiger partial charge in [0.1, 0.15) is 5.75 Å². The highest BCUT2D eigenvalue weighted by molar-refractivity contribution is 6.20. The maximum absolute atomic E-state index is 8.13. The van der Waals surface area contributed by atoms with E-state index in [4.69, 9.17) is 21.9 Å². The number of hydrogen-bond donors (Lipinski definition) is 0. The van der Waals surface area contributed by atoms with Crippen LogP contribution in [0.3, 0.4) is 0 Å². The number of benzene rings is 1. The monoisotopic (exact) mass is 225 g/mol. The summed E-state index contributed by atoms with van der Waals surface area (Å²) in [7, 11) is 1.63. The molecule has 0 radical (unpaired) electrons. The van der Waals surface area contributed by atoms with Crippen molar-refractivity contribution in [1.82, 2.24) is 0 Å². The van der Waals surface area contributed by atoms with Gasteiger partial charge in [-0.25, -0.2) is 0 Å². The lowest BCUT2D eigenvalue weighted by molar-refractivity contribution is 0.414. The van der Waals surface area contributed by atoms with Crippen LogP contribution >= 0.6 is 11.6 Å². The van der Waals surface area contributed by atoms with Crippen molar-refractivity contribution in [2.24, 2.45) is 5.11 Å². The van der Waals surface area contributed by atoms with E-state index in [1.165, 1.54) is 0 Å². The van der Waals surface area contributed by atoms with Crippen LogP contribution in [0, 0.1) is 0 Å². The SMILES string of the molecule is COc1ccc(CC(Cl)CN=[N+]=[N-])cc1. The molecule has 0 aromatic heterocycles. The first kappa shape index (κ1) is 11.7. The minimum atomic E-state index is -0.158. The van der Waals surface area contributed by atoms with Gasteiger partial charge in [0, 0.05) is 16.8 Å². The second-order valence-corrected chi connectivity index (χ2v) is 3.68. The summed E-state index contributed by atoms with van der Waals surface area (Å²) in [5.74, 6) is 0.819. The summed E-state index contributed by atoms with van der Waals surface area (Å²) >= 11 is 5.97. The summed E-state index contributed by atoms with van der Waals surface area (Å²) in [4.78, 5) is 2.67. The highest BCUT2D eigenvalue weighted by Gasteiger charge is 2.04. The number of alkyl halides is 1. The Morgan fingerprint density at radius 1 is 1.47 bits per heavy atom. The van der Waals surface area contributed by atoms with E-state index in [9.17, 15) is 0 Å². The molecule has 0 saturated heterocycles. The Kier molecular flexibility index (Phi) is 4.81. The van der Waals surface area contributed by atoms with Crippen LogP contribution in [0.4, 0.5) is 0 Å². The molecule has 0 aliphatic rings. The quantitative estimate of drug-likeness (QED) is 0.329. The molecule has 80 valence electrons. The second kappa shape index (κ2) is 6.17. The number of ether oxygens (including phenoxy) is 1. The largest absolute Gasteiger partial charge is 0.497 e. The van der Waals surface area contributed by atoms with Gasteiger partial charge in [-0.2, -0.15) is 0 Å². The zero-order valence-corrected chi connectivity index (χ0v) is 9.18. The molecule has 0 N–H and O–H groups in total. The van der Waals surface area contributed by atoms with Crippen LogP contribution in [0.1, 0.15) is 5.56 Å². The number of halogens is 1. The van der Waals surface area contributed by atoms with Crippen LogP contribution in [-0.4, -0.2) is 19.0 Å². The fraction of sp³-hybridized carbons (Fsp3) is 0.400. The molecular weight excluding hydrogens is 214 g/mol. The molecular formula is C10H12ClN3O. The van der Waals surface area contributed by atoms with Gasteiger partial charge < -0.3 is 4.74 Å². The molecule has 1 rings (SSSR count). The molecule has 0 aliphatic carbocycles. The van der Waals surface area contributed by atoms with E-state index in [2.05, 4.69) is 10.0 Å². The Hall–Kier alpha value is -1.38. The van der Waals surface area contributed by atoms with Crippen molar-refractivity contribution in [3.8, 4) is 5.75 Å². The smallest absolute Gasteiger partial charge is 0.118 e. The van der Waals surface area contributed by atoms with Crippen molar-refractivity contribution in [3.63, 3.8) is 0 Å². The Labute approximate surface area is 93.4 Å². The van der Waals surface area contributed by atoms with E-state index in [1.54, 1.807) is 7.11 Å². The van der Waals surface area contributed by atoms with E-state index in [0.29, 0.717) is 13.0 Å². The molecule has 5 heteroatoms. The molecule has 1 unspecified atom stereocenters. The van der Waals surface area contributed by atoms with E-state index < -0.39 is 0 Å². The molecule has 0 spiro atoms. The number of azide groups is 1. The number of hydrogen-bond acceptors (Lipinski definition) is 2. The van der Waals surface area contributed by atoms with Crippen LogP contribution in [0.5, 0.6) is 5.75 Å². The van der Waals surface area contributed by atoms with Crippen molar-refractivity contribution < 1.29 is 4.74 Å². The third-order valence-electron chi connectivity index (χ3n) is 1.96. The third-order valence-corrected chi connectivity index (χ3v) is 2.25. The Bertz CT molecular complexity index is 346. The molecule has 4 nitrogen and oxygen atoms in total. The van der Waals surface area contributed by atoms with E-state index in [0.717, 1.165) is 11.3 Å². The molecule has 0 bridgehead atoms. The predicted molar refractivity (Wildman–Crippen MR) is 60.4 cm³/mol. The van der Waals surface area contributed by atoms with Gasteiger partial charge in [0.05, 0.1) is 7.11 Å². The topological polar surface area (TPSA) is 58.0 Å². The first-order valence-electron chi connectivity index (χ1n) is 4.54. The molecule has 1 aromatic rings. The van der Waals surface area contributed by atoms with Crippen LogP contribution in [0.2, 0.25) is 0 Å². The summed E-state index contributed by atoms with van der Waals surface area (Å²) in [6.07, 6.45) is 0.685. The van der Waals surface area contributed by atoms with E-state index in [-0.39, 0.29) is 5.38 Å². The summed E-state index contributed by atoms with van der Waals surface area (Å²) in [6, 6.07) is 7.66. The highest BCUT2D eigenvalue weighted by Crippen LogP contribution is 2.14. The molecule has 15 heavy (non-hydrogen) atoms. The fourth-order valence-electron chi connectivity index (χ4n) is 1.21. The van der Waals surface area contributed by atoms with Gasteiger partial charge in [-0.3, -0.25) is 0 Å². The molecule has 1 aromatic carbocycles. The average Bonchev–Trinajstić information content (AvgIpc) is 2.27. The number of methoxy groups -OCH3 is 1. The second-order valence-electron chi connectivity index (χ2n) is 3.06. The molecule has 0 amide bonds. The lowest BCUT2D eigenvalue weighted by atomic mass is 10.1. The molecule has 1 atom stereocenters. The molecule has 0 aliphatic heterocycles. The molecule has 0 saturated carbocycles. The maximum atomic E-state index is 8.13. The fourth-order valence-corrected chi connectivity index (χ4v) is 1.45. The first-order valence-corrected chi connectivity index (χ1v) is 4.97. The van der Waals surface area contributed by atoms with Crippen LogP contribution in [-0.2, 0) is 6.42 Å². The summed E-state index contributed by atoms with van der Waals surface area (Å²) < 4.78 is 5.04. The van der Waals surface area contributed by atoms with Gasteiger partial charge in [-0.1, -0.05) is 17.2 Å². The number of nitrogens with zero attached hydrogens (tertiary/aromatic N) is 3. The van der Waals surface area contributed by atoms with Crippen molar-refractivity contribution in [3.05, 3.63) is 40.3 Å². The standard InChI is InChI=1S/C10H12ClN3O/c1-15-10-4-2-8(3-5-10)6-9(11)7-13-14-12/h2-5,9H,6-7H2,1H3. The zero-order valence-electron chi connectivity index (χ0n) is 8.43. The maximum Gasteiger partial charge on any atom is 0.118 e. The lowest BCUT2D eigenvalue weighted by Crippen LogP contribution is -2.06. The van der Waals surface area contributed by atoms with Gasteiger partial charge in [-0.05, 0) is 29.6 Å². The number of rotatable bonds is 5. The van der Waals surface area contributed by atoms with Gasteiger partial charge in [0.25, 0.3) is 0 Å². The summed E-state index contributed by atoms with van der Waals surface area (Å²) in [6.45, 7) is 0.310. The third kappa shape index (κ3) is 4.11. The summed E-state index contributed by atoms with van der Waals surface area (Å²) in [5, 5.41) is 3.27. The van der Waals surface area contributed by atoms with Gasteiger partial charge in [-0.15, -0.1) is 11.6 Å². The first-order chi connectivity index (χ1) is 7.26. The van der Waals surface area contributed by atoms with E-state index in [1.807, 2.05) is 24.3 Å². The predicted octanol–water partition coefficient (Wildman–Crippen LogP) is 3.16. The minimum absolute atomic E-state index is 0.158. The van der Waals surface area contributed by atoms with Gasteiger partial charge in [0.2, 0.25) is 0 Å². The van der Waals surface area contributed by atoms with Crippen LogP contribution in [0.25, 0.3) is 10.4 Å². The van der Waals surface area contributed by atoms with Crippen molar-refractivity contribution in [2.75, 3.05) is 13.7 Å². The zero-order chi connectivity index (χ0) is 11.1. The van der Waals surface area contributed by atoms with Crippen LogP contribution < -0.4 is 4.74 Å². The van der Waals surface area contributed by atoms with Gasteiger partial charge in [0.15, 0.2) is 0 Å². The minimum Gasteiger partial charge on any atom is -0.497 e. The average molecular weight is 226 g/mol. The Morgan fingerprint density at radius 2 is 2.13 bits per heavy atom. The molecule has 0 heterocycles. The van der Waals surface area contributed by atoms with Gasteiger partial charge >= 0.3 is 0 Å². The highest BCUT2D eigenvalue weighted by atomic mass is 35.5. The van der Waals surface area contributed by atoms with Crippen molar-refractivity contribution >= 4 is 11.6 Å². The lowest BCUT2D eigenvalue weighted by Gasteiger charge is -2.06.